The van der Waals surface area contributed by atoms with Gasteiger partial charge in [-0.1, -0.05) is 12.8 Å². The van der Waals surface area contributed by atoms with Gasteiger partial charge in [-0.05, 0) is 27.3 Å². The molecule has 0 radical (unpaired) electrons. The first-order valence-corrected chi connectivity index (χ1v) is 7.39. The fraction of sp³-hybridized carbons (Fsp3) is 0.625. The minimum Gasteiger partial charge on any atom is -0.343 e. The van der Waals surface area contributed by atoms with Crippen LogP contribution in [-0.2, 0) is 13.1 Å². The zero-order valence-electron chi connectivity index (χ0n) is 14.0. The topological polar surface area (TPSA) is 41.4 Å². The number of rotatable bonds is 6. The van der Waals surface area contributed by atoms with Gasteiger partial charge in [-0.15, -0.1) is 6.42 Å². The number of aromatic nitrogens is 2. The second-order valence-electron chi connectivity index (χ2n) is 5.49. The Bertz CT molecular complexity index is 537. The predicted octanol–water partition coefficient (Wildman–Crippen LogP) is 1.82. The highest BCUT2D eigenvalue weighted by Gasteiger charge is 2.24. The van der Waals surface area contributed by atoms with Crippen LogP contribution in [0.1, 0.15) is 49.4 Å². The van der Waals surface area contributed by atoms with Gasteiger partial charge in [0.1, 0.15) is 0 Å². The lowest BCUT2D eigenvalue weighted by Gasteiger charge is -2.25. The quantitative estimate of drug-likeness (QED) is 0.750. The summed E-state index contributed by atoms with van der Waals surface area (Å²) in [6, 6.07) is 0.411. The normalized spacial score (nSPS) is 11.0. The van der Waals surface area contributed by atoms with Gasteiger partial charge < -0.3 is 4.90 Å². The summed E-state index contributed by atoms with van der Waals surface area (Å²) in [4.78, 5) is 16.0. The average Bonchev–Trinajstić information content (AvgIpc) is 2.80. The number of amides is 1. The maximum Gasteiger partial charge on any atom is 0.275 e. The third-order valence-electron chi connectivity index (χ3n) is 3.60. The summed E-state index contributed by atoms with van der Waals surface area (Å²) in [5.41, 5.74) is 1.94. The van der Waals surface area contributed by atoms with E-state index in [4.69, 9.17) is 6.42 Å². The second kappa shape index (κ2) is 7.28. The van der Waals surface area contributed by atoms with Crippen molar-refractivity contribution in [3.63, 3.8) is 0 Å². The lowest BCUT2D eigenvalue weighted by Crippen LogP contribution is -2.31. The van der Waals surface area contributed by atoms with E-state index in [1.807, 2.05) is 11.6 Å². The van der Waals surface area contributed by atoms with Crippen LogP contribution in [-0.4, -0.2) is 52.2 Å². The van der Waals surface area contributed by atoms with Crippen molar-refractivity contribution in [2.45, 2.75) is 46.8 Å². The highest BCUT2D eigenvalue weighted by molar-refractivity contribution is 5.94. The number of carbonyl (C=O) groups is 1. The van der Waals surface area contributed by atoms with Crippen LogP contribution in [0.2, 0.25) is 0 Å². The molecule has 0 spiro atoms. The molecular formula is C16H26N4O. The van der Waals surface area contributed by atoms with Crippen LogP contribution >= 0.6 is 0 Å². The summed E-state index contributed by atoms with van der Waals surface area (Å²) >= 11 is 0. The van der Waals surface area contributed by atoms with Crippen molar-refractivity contribution in [2.75, 3.05) is 20.6 Å². The number of aryl methyl sites for hydroxylation is 1. The van der Waals surface area contributed by atoms with E-state index >= 15 is 0 Å². The smallest absolute Gasteiger partial charge is 0.275 e. The monoisotopic (exact) mass is 290 g/mol. The van der Waals surface area contributed by atoms with Crippen molar-refractivity contribution in [1.29, 1.82) is 0 Å². The fourth-order valence-corrected chi connectivity index (χ4v) is 2.28. The molecule has 0 unspecified atom stereocenters. The molecule has 0 aliphatic heterocycles. The van der Waals surface area contributed by atoms with E-state index in [9.17, 15) is 4.79 Å². The maximum absolute atomic E-state index is 12.2. The summed E-state index contributed by atoms with van der Waals surface area (Å²) in [6.07, 6.45) is 5.66. The Kier molecular flexibility index (Phi) is 5.98. The third-order valence-corrected chi connectivity index (χ3v) is 3.60. The summed E-state index contributed by atoms with van der Waals surface area (Å²) in [7, 11) is 3.42. The van der Waals surface area contributed by atoms with Crippen LogP contribution in [0.4, 0.5) is 0 Å². The zero-order valence-corrected chi connectivity index (χ0v) is 14.0. The Balaban J connectivity index is 3.31. The van der Waals surface area contributed by atoms with Gasteiger partial charge >= 0.3 is 0 Å². The molecule has 21 heavy (non-hydrogen) atoms. The van der Waals surface area contributed by atoms with Crippen molar-refractivity contribution in [1.82, 2.24) is 19.6 Å². The average molecular weight is 290 g/mol. The number of hydrogen-bond donors (Lipinski definition) is 0. The maximum atomic E-state index is 12.2. The van der Waals surface area contributed by atoms with E-state index in [0.717, 1.165) is 12.2 Å². The van der Waals surface area contributed by atoms with Gasteiger partial charge in [0.15, 0.2) is 5.69 Å². The van der Waals surface area contributed by atoms with E-state index < -0.39 is 0 Å². The molecule has 5 heteroatoms. The molecule has 0 aromatic carbocycles. The Morgan fingerprint density at radius 1 is 1.38 bits per heavy atom. The molecule has 1 heterocycles. The van der Waals surface area contributed by atoms with E-state index in [-0.39, 0.29) is 5.91 Å². The third kappa shape index (κ3) is 3.64. The second-order valence-corrected chi connectivity index (χ2v) is 5.49. The molecule has 1 aromatic rings. The van der Waals surface area contributed by atoms with Crippen LogP contribution in [0.25, 0.3) is 0 Å². The molecule has 5 nitrogen and oxygen atoms in total. The number of carbonyl (C=O) groups excluding carboxylic acids is 1. The molecule has 0 aliphatic rings. The van der Waals surface area contributed by atoms with E-state index in [2.05, 4.69) is 36.7 Å². The van der Waals surface area contributed by atoms with E-state index in [1.165, 1.54) is 4.90 Å². The summed E-state index contributed by atoms with van der Waals surface area (Å²) in [5, 5.41) is 4.42. The first kappa shape index (κ1) is 17.3. The molecular weight excluding hydrogens is 264 g/mol. The summed E-state index contributed by atoms with van der Waals surface area (Å²) in [6.45, 7) is 10.7. The van der Waals surface area contributed by atoms with Crippen LogP contribution in [0, 0.1) is 12.3 Å². The molecule has 0 atom stereocenters. The molecule has 0 saturated heterocycles. The first-order valence-electron chi connectivity index (χ1n) is 7.39. The first-order chi connectivity index (χ1) is 9.87. The number of hydrogen-bond acceptors (Lipinski definition) is 3. The minimum atomic E-state index is -0.149. The lowest BCUT2D eigenvalue weighted by atomic mass is 10.1. The Hall–Kier alpha value is -1.80. The van der Waals surface area contributed by atoms with Gasteiger partial charge in [-0.2, -0.15) is 5.10 Å². The summed E-state index contributed by atoms with van der Waals surface area (Å²) in [5.74, 6) is 2.52. The Morgan fingerprint density at radius 3 is 2.38 bits per heavy atom. The van der Waals surface area contributed by atoms with Gasteiger partial charge in [0.25, 0.3) is 5.91 Å². The van der Waals surface area contributed by atoms with Gasteiger partial charge in [0.05, 0.1) is 11.3 Å². The van der Waals surface area contributed by atoms with Crippen LogP contribution in [0.3, 0.4) is 0 Å². The highest BCUT2D eigenvalue weighted by atomic mass is 16.2. The van der Waals surface area contributed by atoms with Gasteiger partial charge in [0.2, 0.25) is 0 Å². The van der Waals surface area contributed by atoms with Crippen LogP contribution in [0.5, 0.6) is 0 Å². The molecule has 0 aliphatic carbocycles. The molecule has 1 aromatic heterocycles. The molecule has 116 valence electrons. The fourth-order valence-electron chi connectivity index (χ4n) is 2.28. The number of nitrogens with zero attached hydrogens (tertiary/aromatic N) is 4. The molecule has 1 rings (SSSR count). The number of terminal acetylenes is 1. The van der Waals surface area contributed by atoms with E-state index in [0.29, 0.717) is 30.4 Å². The molecule has 0 N–H and O–H groups in total. The van der Waals surface area contributed by atoms with Crippen molar-refractivity contribution in [3.8, 4) is 12.3 Å². The van der Waals surface area contributed by atoms with Crippen molar-refractivity contribution in [3.05, 3.63) is 17.0 Å². The minimum absolute atomic E-state index is 0.149. The van der Waals surface area contributed by atoms with Gasteiger partial charge in [0, 0.05) is 33.2 Å². The van der Waals surface area contributed by atoms with Crippen molar-refractivity contribution < 1.29 is 4.79 Å². The molecule has 1 amide bonds. The lowest BCUT2D eigenvalue weighted by molar-refractivity contribution is 0.0821. The van der Waals surface area contributed by atoms with Gasteiger partial charge in [-0.3, -0.25) is 14.4 Å². The van der Waals surface area contributed by atoms with Crippen LogP contribution in [0.15, 0.2) is 0 Å². The van der Waals surface area contributed by atoms with Crippen molar-refractivity contribution >= 4 is 5.91 Å². The molecule has 0 saturated carbocycles. The molecule has 0 fully saturated rings. The standard InChI is InChI=1S/C16H26N4O/c1-8-13-14(11-19(9-2)12(4)5)20(10-3)17-15(13)16(21)18(6)7/h1,12H,9-11H2,2-7H3. The van der Waals surface area contributed by atoms with Crippen LogP contribution < -0.4 is 0 Å². The Morgan fingerprint density at radius 2 is 2.00 bits per heavy atom. The Labute approximate surface area is 127 Å². The predicted molar refractivity (Wildman–Crippen MR) is 85.1 cm³/mol. The largest absolute Gasteiger partial charge is 0.343 e. The molecule has 0 bridgehead atoms. The highest BCUT2D eigenvalue weighted by Crippen LogP contribution is 2.18. The zero-order chi connectivity index (χ0) is 16.2. The summed E-state index contributed by atoms with van der Waals surface area (Å²) < 4.78 is 1.84. The SMILES string of the molecule is C#Cc1c(C(=O)N(C)C)nn(CC)c1CN(CC)C(C)C. The van der Waals surface area contributed by atoms with Crippen molar-refractivity contribution in [2.24, 2.45) is 0 Å². The van der Waals surface area contributed by atoms with E-state index in [1.54, 1.807) is 14.1 Å². The van der Waals surface area contributed by atoms with Gasteiger partial charge in [-0.25, -0.2) is 0 Å².